The van der Waals surface area contributed by atoms with Gasteiger partial charge in [0.05, 0.1) is 5.41 Å². The molecule has 1 aliphatic carbocycles. The lowest BCUT2D eigenvalue weighted by molar-refractivity contribution is -0.120. The third-order valence-corrected chi connectivity index (χ3v) is 6.68. The molecule has 0 atom stereocenters. The summed E-state index contributed by atoms with van der Waals surface area (Å²) in [5.74, 6) is 1.19. The minimum Gasteiger partial charge on any atom is -0.454 e. The van der Waals surface area contributed by atoms with Gasteiger partial charge in [0.25, 0.3) is 0 Å². The molecule has 35 heavy (non-hydrogen) atoms. The molecule has 1 saturated carbocycles. The Kier molecular flexibility index (Phi) is 5.94. The highest BCUT2D eigenvalue weighted by atomic mass is 16.7. The van der Waals surface area contributed by atoms with Crippen LogP contribution in [0.3, 0.4) is 0 Å². The van der Waals surface area contributed by atoms with E-state index in [0.29, 0.717) is 11.5 Å². The summed E-state index contributed by atoms with van der Waals surface area (Å²) in [5, 5.41) is 5.97. The average Bonchev–Trinajstić information content (AvgIpc) is 3.51. The number of hydrogen-bond donors (Lipinski definition) is 2. The maximum absolute atomic E-state index is 13.4. The Morgan fingerprint density at radius 3 is 2.37 bits per heavy atom. The molecule has 2 N–H and O–H groups in total. The van der Waals surface area contributed by atoms with E-state index in [9.17, 15) is 9.59 Å². The summed E-state index contributed by atoms with van der Waals surface area (Å²) >= 11 is 0. The van der Waals surface area contributed by atoms with E-state index in [4.69, 9.17) is 14.2 Å². The molecule has 7 heteroatoms. The summed E-state index contributed by atoms with van der Waals surface area (Å²) in [6.07, 6.45) is 1.60. The molecule has 0 saturated heterocycles. The number of aryl methyl sites for hydroxylation is 2. The molecule has 2 aliphatic rings. The number of carbonyl (C=O) groups is 2. The van der Waals surface area contributed by atoms with Crippen molar-refractivity contribution in [3.8, 4) is 22.6 Å². The fourth-order valence-corrected chi connectivity index (χ4v) is 4.58. The molecule has 182 valence electrons. The number of hydrogen-bond acceptors (Lipinski definition) is 5. The van der Waals surface area contributed by atoms with Gasteiger partial charge in [0.1, 0.15) is 6.61 Å². The zero-order valence-corrected chi connectivity index (χ0v) is 20.1. The van der Waals surface area contributed by atoms with E-state index < -0.39 is 5.41 Å². The van der Waals surface area contributed by atoms with E-state index >= 15 is 0 Å². The second-order valence-corrected chi connectivity index (χ2v) is 9.14. The number of rotatable bonds is 7. The molecule has 3 aromatic rings. The number of carbonyl (C=O) groups excluding carboxylic acids is 2. The molecule has 0 unspecified atom stereocenters. The molecule has 0 radical (unpaired) electrons. The molecule has 1 aliphatic heterocycles. The van der Waals surface area contributed by atoms with Gasteiger partial charge in [-0.15, -0.1) is 0 Å². The number of nitrogens with one attached hydrogen (secondary N) is 2. The van der Waals surface area contributed by atoms with Gasteiger partial charge in [0.2, 0.25) is 18.6 Å². The Morgan fingerprint density at radius 1 is 0.886 bits per heavy atom. The monoisotopic (exact) mass is 474 g/mol. The van der Waals surface area contributed by atoms with Crippen molar-refractivity contribution < 1.29 is 25.2 Å². The summed E-state index contributed by atoms with van der Waals surface area (Å²) in [5.41, 5.74) is 6.07. The lowest BCUT2D eigenvalue weighted by Gasteiger charge is -2.18. The van der Waals surface area contributed by atoms with E-state index in [-0.39, 0.29) is 26.6 Å². The molecular formula is C28H30N2O5. The smallest absolute Gasteiger partial charge is 0.250 e. The number of methoxy groups -OCH3 is 1. The second kappa shape index (κ2) is 9.07. The molecule has 5 rings (SSSR count). The summed E-state index contributed by atoms with van der Waals surface area (Å²) in [6.45, 7) is 4.27. The first kappa shape index (κ1) is 22.9. The first-order valence-corrected chi connectivity index (χ1v) is 11.6. The molecule has 0 bridgehead atoms. The number of ether oxygens (including phenoxy) is 3. The zero-order chi connectivity index (χ0) is 24.6. The Balaban J connectivity index is 0.00000304. The van der Waals surface area contributed by atoms with Gasteiger partial charge >= 0.3 is 0 Å². The Hall–Kier alpha value is -3.84. The molecular weight excluding hydrogens is 444 g/mol. The summed E-state index contributed by atoms with van der Waals surface area (Å²) < 4.78 is 15.8. The summed E-state index contributed by atoms with van der Waals surface area (Å²) in [7, 11) is 1.49. The van der Waals surface area contributed by atoms with Gasteiger partial charge in [0.15, 0.2) is 11.5 Å². The predicted octanol–water partition coefficient (Wildman–Crippen LogP) is 5.20. The average molecular weight is 475 g/mol. The molecule has 1 fully saturated rings. The molecule has 0 spiro atoms. The van der Waals surface area contributed by atoms with Gasteiger partial charge in [-0.2, -0.15) is 0 Å². The predicted molar refractivity (Wildman–Crippen MR) is 136 cm³/mol. The first-order valence-electron chi connectivity index (χ1n) is 11.6. The highest BCUT2D eigenvalue weighted by Gasteiger charge is 2.51. The topological polar surface area (TPSA) is 85.9 Å². The molecule has 2 amide bonds. The van der Waals surface area contributed by atoms with E-state index in [0.717, 1.165) is 52.0 Å². The lowest BCUT2D eigenvalue weighted by Crippen LogP contribution is -2.27. The van der Waals surface area contributed by atoms with Crippen LogP contribution in [-0.4, -0.2) is 32.3 Å². The Bertz CT molecular complexity index is 1320. The second-order valence-electron chi connectivity index (χ2n) is 9.14. The molecule has 3 aromatic carbocycles. The SMILES string of the molecule is COCC(=O)Nc1ccc(-c2cc(NC(=O)C3(c4ccc5c(c4)OCO5)CC3)ccc2C)c(C)c1.[HH]. The Morgan fingerprint density at radius 2 is 1.63 bits per heavy atom. The maximum Gasteiger partial charge on any atom is 0.250 e. The first-order chi connectivity index (χ1) is 16.9. The highest BCUT2D eigenvalue weighted by molar-refractivity contribution is 6.02. The van der Waals surface area contributed by atoms with E-state index in [1.807, 2.05) is 68.4 Å². The third kappa shape index (κ3) is 4.47. The van der Waals surface area contributed by atoms with Gasteiger partial charge in [0, 0.05) is 19.9 Å². The summed E-state index contributed by atoms with van der Waals surface area (Å²) in [6, 6.07) is 17.5. The van der Waals surface area contributed by atoms with Crippen molar-refractivity contribution >= 4 is 23.2 Å². The van der Waals surface area contributed by atoms with Crippen molar-refractivity contribution in [2.24, 2.45) is 0 Å². The van der Waals surface area contributed by atoms with Gasteiger partial charge in [-0.25, -0.2) is 0 Å². The number of fused-ring (bicyclic) bond motifs is 1. The van der Waals surface area contributed by atoms with Gasteiger partial charge < -0.3 is 24.8 Å². The van der Waals surface area contributed by atoms with Gasteiger partial charge in [-0.05, 0) is 90.9 Å². The number of anilines is 2. The number of benzene rings is 3. The van der Waals surface area contributed by atoms with Crippen LogP contribution in [0.25, 0.3) is 11.1 Å². The molecule has 1 heterocycles. The van der Waals surface area contributed by atoms with Crippen molar-refractivity contribution in [3.05, 3.63) is 71.3 Å². The van der Waals surface area contributed by atoms with Gasteiger partial charge in [-0.1, -0.05) is 18.2 Å². The van der Waals surface area contributed by atoms with E-state index in [1.165, 1.54) is 7.11 Å². The highest BCUT2D eigenvalue weighted by Crippen LogP contribution is 2.51. The summed E-state index contributed by atoms with van der Waals surface area (Å²) in [4.78, 5) is 25.2. The van der Waals surface area contributed by atoms with Crippen molar-refractivity contribution in [1.29, 1.82) is 0 Å². The van der Waals surface area contributed by atoms with Crippen LogP contribution in [0.4, 0.5) is 11.4 Å². The van der Waals surface area contributed by atoms with Crippen molar-refractivity contribution in [1.82, 2.24) is 0 Å². The Labute approximate surface area is 205 Å². The largest absolute Gasteiger partial charge is 0.454 e. The normalized spacial score (nSPS) is 14.9. The van der Waals surface area contributed by atoms with E-state index in [1.54, 1.807) is 0 Å². The van der Waals surface area contributed by atoms with Crippen LogP contribution in [-0.2, 0) is 19.7 Å². The van der Waals surface area contributed by atoms with Crippen LogP contribution in [0.15, 0.2) is 54.6 Å². The van der Waals surface area contributed by atoms with Crippen LogP contribution >= 0.6 is 0 Å². The minimum absolute atomic E-state index is 0. The van der Waals surface area contributed by atoms with Gasteiger partial charge in [-0.3, -0.25) is 9.59 Å². The number of amides is 2. The molecule has 0 aromatic heterocycles. The maximum atomic E-state index is 13.4. The van der Waals surface area contributed by atoms with Crippen LogP contribution in [0, 0.1) is 13.8 Å². The standard InChI is InChI=1S/C28H28N2O5.H2/c1-17-4-6-21(14-23(17)22-8-7-20(12-18(22)2)29-26(31)15-33-3)30-27(32)28(10-11-28)19-5-9-24-25(13-19)35-16-34-24;/h4-9,12-14H,10-11,15-16H2,1-3H3,(H,29,31)(H,30,32);1H. The van der Waals surface area contributed by atoms with Crippen LogP contribution in [0.1, 0.15) is 31.0 Å². The van der Waals surface area contributed by atoms with E-state index in [2.05, 4.69) is 10.6 Å². The lowest BCUT2D eigenvalue weighted by atomic mass is 9.93. The van der Waals surface area contributed by atoms with Crippen molar-refractivity contribution in [3.63, 3.8) is 0 Å². The third-order valence-electron chi connectivity index (χ3n) is 6.68. The van der Waals surface area contributed by atoms with Crippen molar-refractivity contribution in [2.45, 2.75) is 32.1 Å². The van der Waals surface area contributed by atoms with Crippen LogP contribution in [0.2, 0.25) is 0 Å². The van der Waals surface area contributed by atoms with Crippen LogP contribution < -0.4 is 20.1 Å². The quantitative estimate of drug-likeness (QED) is 0.492. The fourth-order valence-electron chi connectivity index (χ4n) is 4.58. The fraction of sp³-hybridized carbons (Fsp3) is 0.286. The molecule has 7 nitrogen and oxygen atoms in total. The minimum atomic E-state index is -0.538. The zero-order valence-electron chi connectivity index (χ0n) is 20.1. The van der Waals surface area contributed by atoms with Crippen LogP contribution in [0.5, 0.6) is 11.5 Å². The van der Waals surface area contributed by atoms with Crippen molar-refractivity contribution in [2.75, 3.05) is 31.1 Å².